The van der Waals surface area contributed by atoms with Crippen LogP contribution in [0.15, 0.2) is 78.9 Å². The molecular formula is C32H38N4O6. The summed E-state index contributed by atoms with van der Waals surface area (Å²) in [5.41, 5.74) is 2.56. The maximum Gasteiger partial charge on any atom is 0.319 e. The normalized spacial score (nSPS) is 12.0. The molecule has 3 aromatic rings. The number of amides is 4. The van der Waals surface area contributed by atoms with E-state index in [1.807, 2.05) is 48.5 Å². The molecule has 0 heterocycles. The third-order valence-electron chi connectivity index (χ3n) is 6.76. The van der Waals surface area contributed by atoms with E-state index in [0.717, 1.165) is 17.7 Å². The highest BCUT2D eigenvalue weighted by molar-refractivity contribution is 5.94. The van der Waals surface area contributed by atoms with Crippen LogP contribution in [0, 0.1) is 5.92 Å². The third-order valence-corrected chi connectivity index (χ3v) is 6.76. The van der Waals surface area contributed by atoms with Crippen molar-refractivity contribution in [1.29, 1.82) is 0 Å². The second kappa shape index (κ2) is 15.8. The summed E-state index contributed by atoms with van der Waals surface area (Å²) in [4.78, 5) is 50.3. The highest BCUT2D eigenvalue weighted by Crippen LogP contribution is 2.26. The van der Waals surface area contributed by atoms with Crippen LogP contribution in [0.3, 0.4) is 0 Å². The fourth-order valence-electron chi connectivity index (χ4n) is 4.22. The minimum atomic E-state index is -0.971. The van der Waals surface area contributed by atoms with Gasteiger partial charge in [0.2, 0.25) is 5.91 Å². The van der Waals surface area contributed by atoms with Gasteiger partial charge in [-0.15, -0.1) is 0 Å². The maximum atomic E-state index is 12.8. The number of aliphatic carboxylic acids is 1. The van der Waals surface area contributed by atoms with Gasteiger partial charge in [0, 0.05) is 18.4 Å². The van der Waals surface area contributed by atoms with Gasteiger partial charge >= 0.3 is 12.0 Å². The standard InChI is InChI=1S/C32H38N4O6/c1-4-22(2)16-28(35-29(37)20-33-32(41)34-25-12-8-10-23(17-25)18-31(39)40)24-11-9-15-27(19-24)42-21-30(38)36(3)26-13-6-5-7-14-26/h5-15,17,19,22,28H,4,16,18,20-21H2,1-3H3,(H,35,37)(H,39,40)(H2,33,34,41). The molecule has 2 atom stereocenters. The quantitative estimate of drug-likeness (QED) is 0.219. The van der Waals surface area contributed by atoms with E-state index >= 15 is 0 Å². The van der Waals surface area contributed by atoms with Gasteiger partial charge in [-0.1, -0.05) is 62.7 Å². The maximum absolute atomic E-state index is 12.8. The molecule has 10 heteroatoms. The topological polar surface area (TPSA) is 137 Å². The van der Waals surface area contributed by atoms with E-state index < -0.39 is 12.0 Å². The number of para-hydroxylation sites is 1. The summed E-state index contributed by atoms with van der Waals surface area (Å²) in [5.74, 6) is -0.719. The number of likely N-dealkylation sites (N-methyl/N-ethyl adjacent to an activating group) is 1. The smallest absolute Gasteiger partial charge is 0.319 e. The minimum absolute atomic E-state index is 0.143. The number of benzene rings is 3. The van der Waals surface area contributed by atoms with E-state index in [1.165, 1.54) is 4.90 Å². The van der Waals surface area contributed by atoms with E-state index in [4.69, 9.17) is 9.84 Å². The van der Waals surface area contributed by atoms with Crippen molar-refractivity contribution in [2.75, 3.05) is 30.4 Å². The van der Waals surface area contributed by atoms with Crippen molar-refractivity contribution in [3.8, 4) is 5.75 Å². The molecule has 222 valence electrons. The third kappa shape index (κ3) is 10.3. The number of carboxylic acid groups (broad SMARTS) is 1. The Bertz CT molecular complexity index is 1360. The largest absolute Gasteiger partial charge is 0.484 e. The number of carbonyl (C=O) groups is 4. The Morgan fingerprint density at radius 1 is 0.952 bits per heavy atom. The summed E-state index contributed by atoms with van der Waals surface area (Å²) in [6.07, 6.45) is 1.43. The summed E-state index contributed by atoms with van der Waals surface area (Å²) in [6, 6.07) is 22.2. The van der Waals surface area contributed by atoms with Gasteiger partial charge in [-0.25, -0.2) is 4.79 Å². The molecule has 0 aliphatic rings. The van der Waals surface area contributed by atoms with E-state index in [-0.39, 0.29) is 37.4 Å². The Morgan fingerprint density at radius 3 is 2.40 bits per heavy atom. The Balaban J connectivity index is 1.58. The Kier molecular flexibility index (Phi) is 11.9. The average Bonchev–Trinajstić information content (AvgIpc) is 2.98. The molecule has 0 aliphatic carbocycles. The van der Waals surface area contributed by atoms with Crippen LogP contribution in [0.1, 0.15) is 43.9 Å². The van der Waals surface area contributed by atoms with Crippen LogP contribution in [0.4, 0.5) is 16.2 Å². The number of carboxylic acids is 1. The van der Waals surface area contributed by atoms with Crippen molar-refractivity contribution in [2.24, 2.45) is 5.92 Å². The molecule has 0 saturated heterocycles. The lowest BCUT2D eigenvalue weighted by molar-refractivity contribution is -0.136. The first-order valence-corrected chi connectivity index (χ1v) is 13.8. The number of nitrogens with one attached hydrogen (secondary N) is 3. The highest BCUT2D eigenvalue weighted by atomic mass is 16.5. The summed E-state index contributed by atoms with van der Waals surface area (Å²) < 4.78 is 5.80. The number of nitrogens with zero attached hydrogens (tertiary/aromatic N) is 1. The van der Waals surface area contributed by atoms with Crippen molar-refractivity contribution < 1.29 is 29.0 Å². The van der Waals surface area contributed by atoms with Crippen LogP contribution >= 0.6 is 0 Å². The number of ether oxygens (including phenoxy) is 1. The molecule has 0 aliphatic heterocycles. The van der Waals surface area contributed by atoms with Crippen molar-refractivity contribution in [3.63, 3.8) is 0 Å². The van der Waals surface area contributed by atoms with Crippen LogP contribution in [0.2, 0.25) is 0 Å². The van der Waals surface area contributed by atoms with Crippen LogP contribution in [0.5, 0.6) is 5.75 Å². The number of rotatable bonds is 14. The zero-order valence-electron chi connectivity index (χ0n) is 24.1. The van der Waals surface area contributed by atoms with Crippen molar-refractivity contribution >= 4 is 35.2 Å². The van der Waals surface area contributed by atoms with Crippen LogP contribution in [-0.2, 0) is 20.8 Å². The first kappa shape index (κ1) is 31.7. The molecule has 0 fully saturated rings. The molecule has 2 unspecified atom stereocenters. The SMILES string of the molecule is CCC(C)CC(NC(=O)CNC(=O)Nc1cccc(CC(=O)O)c1)c1cccc(OCC(=O)N(C)c2ccccc2)c1. The lowest BCUT2D eigenvalue weighted by atomic mass is 9.94. The molecule has 4 amide bonds. The average molecular weight is 575 g/mol. The molecule has 10 nitrogen and oxygen atoms in total. The Labute approximate surface area is 246 Å². The first-order chi connectivity index (χ1) is 20.1. The van der Waals surface area contributed by atoms with Gasteiger partial charge in [0.25, 0.3) is 5.91 Å². The molecule has 0 saturated carbocycles. The molecule has 42 heavy (non-hydrogen) atoms. The van der Waals surface area contributed by atoms with Gasteiger partial charge in [-0.3, -0.25) is 14.4 Å². The second-order valence-corrected chi connectivity index (χ2v) is 10.1. The van der Waals surface area contributed by atoms with E-state index in [9.17, 15) is 19.2 Å². The monoisotopic (exact) mass is 574 g/mol. The van der Waals surface area contributed by atoms with Gasteiger partial charge in [0.15, 0.2) is 6.61 Å². The van der Waals surface area contributed by atoms with E-state index in [0.29, 0.717) is 29.3 Å². The molecule has 3 aromatic carbocycles. The van der Waals surface area contributed by atoms with Crippen molar-refractivity contribution in [1.82, 2.24) is 10.6 Å². The van der Waals surface area contributed by atoms with Crippen LogP contribution in [-0.4, -0.2) is 49.1 Å². The number of hydrogen-bond acceptors (Lipinski definition) is 5. The number of carbonyl (C=O) groups excluding carboxylic acids is 3. The number of anilines is 2. The molecule has 0 aromatic heterocycles. The minimum Gasteiger partial charge on any atom is -0.484 e. The molecule has 0 radical (unpaired) electrons. The van der Waals surface area contributed by atoms with Gasteiger partial charge in [-0.05, 0) is 59.9 Å². The predicted octanol–water partition coefficient (Wildman–Crippen LogP) is 4.77. The van der Waals surface area contributed by atoms with Crippen molar-refractivity contribution in [3.05, 3.63) is 90.0 Å². The lowest BCUT2D eigenvalue weighted by Crippen LogP contribution is -2.40. The van der Waals surface area contributed by atoms with E-state index in [1.54, 1.807) is 37.4 Å². The van der Waals surface area contributed by atoms with Gasteiger partial charge in [0.05, 0.1) is 19.0 Å². The van der Waals surface area contributed by atoms with Gasteiger partial charge in [0.1, 0.15) is 5.75 Å². The number of urea groups is 1. The van der Waals surface area contributed by atoms with Crippen molar-refractivity contribution in [2.45, 2.75) is 39.2 Å². The molecule has 3 rings (SSSR count). The Morgan fingerprint density at radius 2 is 1.69 bits per heavy atom. The van der Waals surface area contributed by atoms with Gasteiger partial charge < -0.3 is 30.7 Å². The zero-order chi connectivity index (χ0) is 30.5. The first-order valence-electron chi connectivity index (χ1n) is 13.8. The highest BCUT2D eigenvalue weighted by Gasteiger charge is 2.19. The van der Waals surface area contributed by atoms with Crippen LogP contribution < -0.4 is 25.6 Å². The molecular weight excluding hydrogens is 536 g/mol. The fourth-order valence-corrected chi connectivity index (χ4v) is 4.22. The Hall–Kier alpha value is -4.86. The molecule has 0 spiro atoms. The molecule has 0 bridgehead atoms. The number of hydrogen-bond donors (Lipinski definition) is 4. The molecule has 4 N–H and O–H groups in total. The summed E-state index contributed by atoms with van der Waals surface area (Å²) >= 11 is 0. The zero-order valence-corrected chi connectivity index (χ0v) is 24.1. The predicted molar refractivity (Wildman–Crippen MR) is 162 cm³/mol. The fraction of sp³-hybridized carbons (Fsp3) is 0.312. The van der Waals surface area contributed by atoms with Crippen LogP contribution in [0.25, 0.3) is 0 Å². The lowest BCUT2D eigenvalue weighted by Gasteiger charge is -2.23. The summed E-state index contributed by atoms with van der Waals surface area (Å²) in [6.45, 7) is 3.78. The summed E-state index contributed by atoms with van der Waals surface area (Å²) in [5, 5.41) is 17.1. The second-order valence-electron chi connectivity index (χ2n) is 10.1. The summed E-state index contributed by atoms with van der Waals surface area (Å²) in [7, 11) is 1.69. The van der Waals surface area contributed by atoms with Gasteiger partial charge in [-0.2, -0.15) is 0 Å². The van der Waals surface area contributed by atoms with E-state index in [2.05, 4.69) is 29.8 Å².